The maximum Gasteiger partial charge on any atom is 0.191 e. The lowest BCUT2D eigenvalue weighted by atomic mass is 9.67. The zero-order valence-corrected chi connectivity index (χ0v) is 18.4. The highest BCUT2D eigenvalue weighted by atomic mass is 127. The molecule has 5 nitrogen and oxygen atoms in total. The summed E-state index contributed by atoms with van der Waals surface area (Å²) in [6.07, 6.45) is 6.02. The van der Waals surface area contributed by atoms with Gasteiger partial charge in [0.2, 0.25) is 0 Å². The molecule has 0 saturated heterocycles. The van der Waals surface area contributed by atoms with Gasteiger partial charge in [0.05, 0.1) is 0 Å². The maximum absolute atomic E-state index is 5.61. The number of hydrogen-bond acceptors (Lipinski definition) is 3. The predicted octanol–water partition coefficient (Wildman–Crippen LogP) is 3.43. The summed E-state index contributed by atoms with van der Waals surface area (Å²) in [4.78, 5) is 4.80. The van der Waals surface area contributed by atoms with Crippen molar-refractivity contribution in [2.75, 3.05) is 46.6 Å². The monoisotopic (exact) mass is 455 g/mol. The Bertz CT molecular complexity index is 334. The van der Waals surface area contributed by atoms with Crippen LogP contribution in [-0.4, -0.2) is 52.5 Å². The van der Waals surface area contributed by atoms with Crippen molar-refractivity contribution in [2.24, 2.45) is 16.3 Å². The fourth-order valence-electron chi connectivity index (χ4n) is 2.77. The van der Waals surface area contributed by atoms with Gasteiger partial charge in [-0.1, -0.05) is 20.3 Å². The molecule has 0 atom stereocenters. The molecule has 1 aliphatic carbocycles. The van der Waals surface area contributed by atoms with Gasteiger partial charge in [-0.2, -0.15) is 0 Å². The van der Waals surface area contributed by atoms with Crippen molar-refractivity contribution in [3.05, 3.63) is 0 Å². The summed E-state index contributed by atoms with van der Waals surface area (Å²) in [5, 5.41) is 6.75. The average Bonchev–Trinajstić information content (AvgIpc) is 2.48. The van der Waals surface area contributed by atoms with Crippen LogP contribution in [-0.2, 0) is 9.47 Å². The lowest BCUT2D eigenvalue weighted by Crippen LogP contribution is -2.40. The first-order valence-corrected chi connectivity index (χ1v) is 9.21. The summed E-state index contributed by atoms with van der Waals surface area (Å²) in [5.41, 5.74) is 0.374. The number of nitrogens with zero attached hydrogens (tertiary/aromatic N) is 1. The van der Waals surface area contributed by atoms with Gasteiger partial charge in [0, 0.05) is 46.6 Å². The smallest absolute Gasteiger partial charge is 0.191 e. The number of hydrogen-bond donors (Lipinski definition) is 2. The van der Waals surface area contributed by atoms with Crippen LogP contribution in [0.2, 0.25) is 0 Å². The van der Waals surface area contributed by atoms with E-state index in [9.17, 15) is 0 Å². The maximum atomic E-state index is 5.61. The third kappa shape index (κ3) is 10.0. The molecule has 0 aromatic rings. The van der Waals surface area contributed by atoms with Crippen LogP contribution in [0.5, 0.6) is 0 Å². The summed E-state index contributed by atoms with van der Waals surface area (Å²) < 4.78 is 10.9. The molecule has 0 aromatic heterocycles. The molecule has 1 fully saturated rings. The Kier molecular flexibility index (Phi) is 14.1. The van der Waals surface area contributed by atoms with Crippen LogP contribution in [0.4, 0.5) is 0 Å². The van der Waals surface area contributed by atoms with E-state index in [1.54, 1.807) is 7.11 Å². The lowest BCUT2D eigenvalue weighted by Gasteiger charge is -2.40. The molecule has 2 N–H and O–H groups in total. The van der Waals surface area contributed by atoms with E-state index in [4.69, 9.17) is 14.5 Å². The summed E-state index contributed by atoms with van der Waals surface area (Å²) in [6, 6.07) is 0. The summed E-state index contributed by atoms with van der Waals surface area (Å²) in [6.45, 7) is 11.6. The molecule has 1 rings (SSSR count). The van der Waals surface area contributed by atoms with E-state index in [0.717, 1.165) is 58.3 Å². The Balaban J connectivity index is 0.00000529. The third-order valence-electron chi connectivity index (χ3n) is 4.38. The van der Waals surface area contributed by atoms with E-state index < -0.39 is 0 Å². The Labute approximate surface area is 165 Å². The van der Waals surface area contributed by atoms with Gasteiger partial charge in [0.25, 0.3) is 0 Å². The normalized spacial score (nSPS) is 16.5. The minimum atomic E-state index is 0. The average molecular weight is 455 g/mol. The number of ether oxygens (including phenoxy) is 2. The Morgan fingerprint density at radius 1 is 1.21 bits per heavy atom. The molecule has 6 heteroatoms. The van der Waals surface area contributed by atoms with Crippen molar-refractivity contribution >= 4 is 29.9 Å². The highest BCUT2D eigenvalue weighted by Crippen LogP contribution is 2.44. The topological polar surface area (TPSA) is 54.9 Å². The number of nitrogens with one attached hydrogen (secondary N) is 2. The third-order valence-corrected chi connectivity index (χ3v) is 4.38. The molecule has 1 saturated carbocycles. The van der Waals surface area contributed by atoms with Crippen molar-refractivity contribution in [3.63, 3.8) is 0 Å². The van der Waals surface area contributed by atoms with Gasteiger partial charge >= 0.3 is 0 Å². The number of aliphatic imine (C=N–C) groups is 1. The highest BCUT2D eigenvalue weighted by Gasteiger charge is 2.36. The molecule has 0 spiro atoms. The fraction of sp³-hybridized carbons (Fsp3) is 0.944. The second-order valence-electron chi connectivity index (χ2n) is 7.04. The molecule has 0 unspecified atom stereocenters. The SMILES string of the molecule is CCNC(=NCC1(CCOC)CCC1)NCCCOCC(C)C.I. The van der Waals surface area contributed by atoms with Crippen molar-refractivity contribution < 1.29 is 9.47 Å². The molecular weight excluding hydrogens is 417 g/mol. The number of rotatable bonds is 12. The Hall–Kier alpha value is -0.0800. The molecule has 0 radical (unpaired) electrons. The first-order chi connectivity index (χ1) is 11.1. The van der Waals surface area contributed by atoms with Crippen LogP contribution in [0.15, 0.2) is 4.99 Å². The minimum Gasteiger partial charge on any atom is -0.385 e. The van der Waals surface area contributed by atoms with Crippen LogP contribution >= 0.6 is 24.0 Å². The second kappa shape index (κ2) is 14.1. The van der Waals surface area contributed by atoms with Gasteiger partial charge in [-0.15, -0.1) is 24.0 Å². The van der Waals surface area contributed by atoms with E-state index in [-0.39, 0.29) is 24.0 Å². The fourth-order valence-corrected chi connectivity index (χ4v) is 2.77. The van der Waals surface area contributed by atoms with Crippen LogP contribution in [0, 0.1) is 11.3 Å². The van der Waals surface area contributed by atoms with Crippen molar-refractivity contribution in [1.82, 2.24) is 10.6 Å². The lowest BCUT2D eigenvalue weighted by molar-refractivity contribution is 0.0778. The highest BCUT2D eigenvalue weighted by molar-refractivity contribution is 14.0. The van der Waals surface area contributed by atoms with Gasteiger partial charge in [-0.3, -0.25) is 4.99 Å². The predicted molar refractivity (Wildman–Crippen MR) is 112 cm³/mol. The molecular formula is C18H38IN3O2. The second-order valence-corrected chi connectivity index (χ2v) is 7.04. The van der Waals surface area contributed by atoms with Gasteiger partial charge in [0.1, 0.15) is 0 Å². The van der Waals surface area contributed by atoms with Crippen molar-refractivity contribution in [1.29, 1.82) is 0 Å². The van der Waals surface area contributed by atoms with E-state index in [1.165, 1.54) is 19.3 Å². The quantitative estimate of drug-likeness (QED) is 0.205. The van der Waals surface area contributed by atoms with Crippen LogP contribution in [0.1, 0.15) is 52.9 Å². The number of halogens is 1. The van der Waals surface area contributed by atoms with E-state index in [0.29, 0.717) is 11.3 Å². The Morgan fingerprint density at radius 2 is 1.96 bits per heavy atom. The molecule has 0 aromatic carbocycles. The molecule has 24 heavy (non-hydrogen) atoms. The summed E-state index contributed by atoms with van der Waals surface area (Å²) in [7, 11) is 1.78. The van der Waals surface area contributed by atoms with Crippen LogP contribution in [0.3, 0.4) is 0 Å². The van der Waals surface area contributed by atoms with Gasteiger partial charge in [0.15, 0.2) is 5.96 Å². The van der Waals surface area contributed by atoms with Crippen LogP contribution < -0.4 is 10.6 Å². The van der Waals surface area contributed by atoms with E-state index >= 15 is 0 Å². The van der Waals surface area contributed by atoms with Gasteiger partial charge in [-0.05, 0) is 43.9 Å². The zero-order chi connectivity index (χ0) is 17.0. The first-order valence-electron chi connectivity index (χ1n) is 9.21. The van der Waals surface area contributed by atoms with Gasteiger partial charge < -0.3 is 20.1 Å². The Morgan fingerprint density at radius 3 is 2.50 bits per heavy atom. The van der Waals surface area contributed by atoms with Crippen molar-refractivity contribution in [3.8, 4) is 0 Å². The zero-order valence-electron chi connectivity index (χ0n) is 16.0. The molecule has 0 amide bonds. The van der Waals surface area contributed by atoms with Gasteiger partial charge in [-0.25, -0.2) is 0 Å². The van der Waals surface area contributed by atoms with Crippen molar-refractivity contribution in [2.45, 2.75) is 52.9 Å². The molecule has 0 heterocycles. The molecule has 0 bridgehead atoms. The van der Waals surface area contributed by atoms with E-state index in [1.807, 2.05) is 0 Å². The minimum absolute atomic E-state index is 0. The molecule has 1 aliphatic rings. The first kappa shape index (κ1) is 23.9. The standard InChI is InChI=1S/C18H37N3O2.HI/c1-5-19-17(20-11-7-12-23-14-16(2)3)21-15-18(8-6-9-18)10-13-22-4;/h16H,5-15H2,1-4H3,(H2,19,20,21);1H. The molecule has 144 valence electrons. The number of methoxy groups -OCH3 is 1. The summed E-state index contributed by atoms with van der Waals surface area (Å²) >= 11 is 0. The molecule has 0 aliphatic heterocycles. The van der Waals surface area contributed by atoms with E-state index in [2.05, 4.69) is 31.4 Å². The largest absolute Gasteiger partial charge is 0.385 e. The summed E-state index contributed by atoms with van der Waals surface area (Å²) in [5.74, 6) is 1.53. The van der Waals surface area contributed by atoms with Crippen LogP contribution in [0.25, 0.3) is 0 Å². The number of guanidine groups is 1.